The van der Waals surface area contributed by atoms with Crippen molar-refractivity contribution in [3.63, 3.8) is 0 Å². The van der Waals surface area contributed by atoms with E-state index in [1.807, 2.05) is 18.2 Å². The Bertz CT molecular complexity index is 343. The molecule has 1 aromatic rings. The van der Waals surface area contributed by atoms with E-state index in [0.717, 1.165) is 12.1 Å². The number of carbonyl (C=O) groups excluding carboxylic acids is 1. The molecule has 0 bridgehead atoms. The van der Waals surface area contributed by atoms with Crippen molar-refractivity contribution in [2.45, 2.75) is 12.8 Å². The zero-order valence-corrected chi connectivity index (χ0v) is 10.8. The van der Waals surface area contributed by atoms with Crippen LogP contribution in [-0.4, -0.2) is 49.1 Å². The van der Waals surface area contributed by atoms with Gasteiger partial charge in [0.05, 0.1) is 19.6 Å². The number of carbonyl (C=O) groups is 1. The lowest BCUT2D eigenvalue weighted by Gasteiger charge is -2.16. The van der Waals surface area contributed by atoms with Crippen LogP contribution in [0, 0.1) is 0 Å². The number of aromatic nitrogens is 1. The maximum absolute atomic E-state index is 11.7. The SMILES string of the molecule is CN(CCc1ccccn1)C(=O)CCOCCN. The number of pyridine rings is 1. The normalized spacial score (nSPS) is 10.3. The van der Waals surface area contributed by atoms with E-state index in [4.69, 9.17) is 10.5 Å². The van der Waals surface area contributed by atoms with Crippen LogP contribution in [0.2, 0.25) is 0 Å². The van der Waals surface area contributed by atoms with Crippen LogP contribution in [0.5, 0.6) is 0 Å². The lowest BCUT2D eigenvalue weighted by Crippen LogP contribution is -2.29. The first kappa shape index (κ1) is 14.6. The van der Waals surface area contributed by atoms with Crippen LogP contribution < -0.4 is 5.73 Å². The summed E-state index contributed by atoms with van der Waals surface area (Å²) in [7, 11) is 1.80. The quantitative estimate of drug-likeness (QED) is 0.681. The van der Waals surface area contributed by atoms with Gasteiger partial charge in [-0.05, 0) is 12.1 Å². The van der Waals surface area contributed by atoms with Crippen molar-refractivity contribution in [1.29, 1.82) is 0 Å². The van der Waals surface area contributed by atoms with Gasteiger partial charge in [-0.3, -0.25) is 9.78 Å². The van der Waals surface area contributed by atoms with Crippen molar-refractivity contribution >= 4 is 5.91 Å². The highest BCUT2D eigenvalue weighted by Gasteiger charge is 2.08. The van der Waals surface area contributed by atoms with E-state index < -0.39 is 0 Å². The summed E-state index contributed by atoms with van der Waals surface area (Å²) in [6.07, 6.45) is 2.93. The van der Waals surface area contributed by atoms with E-state index in [1.165, 1.54) is 0 Å². The van der Waals surface area contributed by atoms with Crippen LogP contribution in [0.1, 0.15) is 12.1 Å². The fourth-order valence-electron chi connectivity index (χ4n) is 1.49. The zero-order valence-electron chi connectivity index (χ0n) is 10.8. The lowest BCUT2D eigenvalue weighted by atomic mass is 10.2. The van der Waals surface area contributed by atoms with Crippen molar-refractivity contribution in [3.8, 4) is 0 Å². The Balaban J connectivity index is 2.19. The van der Waals surface area contributed by atoms with Crippen molar-refractivity contribution < 1.29 is 9.53 Å². The Kier molecular flexibility index (Phi) is 6.98. The van der Waals surface area contributed by atoms with Crippen molar-refractivity contribution in [2.24, 2.45) is 5.73 Å². The van der Waals surface area contributed by atoms with Crippen LogP contribution in [0.15, 0.2) is 24.4 Å². The average molecular weight is 251 g/mol. The number of hydrogen-bond acceptors (Lipinski definition) is 4. The van der Waals surface area contributed by atoms with Crippen LogP contribution in [0.4, 0.5) is 0 Å². The molecule has 0 aliphatic carbocycles. The molecule has 0 aliphatic heterocycles. The maximum Gasteiger partial charge on any atom is 0.224 e. The molecule has 0 saturated carbocycles. The summed E-state index contributed by atoms with van der Waals surface area (Å²) in [5.74, 6) is 0.0861. The van der Waals surface area contributed by atoms with Crippen LogP contribution in [0.25, 0.3) is 0 Å². The number of nitrogens with zero attached hydrogens (tertiary/aromatic N) is 2. The minimum atomic E-state index is 0.0861. The zero-order chi connectivity index (χ0) is 13.2. The van der Waals surface area contributed by atoms with Crippen molar-refractivity contribution in [3.05, 3.63) is 30.1 Å². The molecule has 1 amide bonds. The van der Waals surface area contributed by atoms with Gasteiger partial charge in [0.2, 0.25) is 5.91 Å². The molecule has 100 valence electrons. The first-order valence-electron chi connectivity index (χ1n) is 6.15. The molecule has 0 radical (unpaired) electrons. The Labute approximate surface area is 108 Å². The fraction of sp³-hybridized carbons (Fsp3) is 0.538. The standard InChI is InChI=1S/C13H21N3O2/c1-16(13(17)6-10-18-11-7-14)9-5-12-4-2-3-8-15-12/h2-4,8H,5-7,9-11,14H2,1H3. The Hall–Kier alpha value is -1.46. The number of ether oxygens (including phenoxy) is 1. The smallest absolute Gasteiger partial charge is 0.224 e. The molecular weight excluding hydrogens is 230 g/mol. The van der Waals surface area contributed by atoms with Gasteiger partial charge in [-0.2, -0.15) is 0 Å². The van der Waals surface area contributed by atoms with Crippen molar-refractivity contribution in [1.82, 2.24) is 9.88 Å². The summed E-state index contributed by atoms with van der Waals surface area (Å²) in [6, 6.07) is 5.79. The van der Waals surface area contributed by atoms with Gasteiger partial charge >= 0.3 is 0 Å². The molecule has 0 aromatic carbocycles. The second-order valence-corrected chi connectivity index (χ2v) is 4.04. The third-order valence-electron chi connectivity index (χ3n) is 2.58. The number of rotatable bonds is 8. The highest BCUT2D eigenvalue weighted by atomic mass is 16.5. The predicted molar refractivity (Wildman–Crippen MR) is 70.1 cm³/mol. The summed E-state index contributed by atoms with van der Waals surface area (Å²) in [5.41, 5.74) is 6.29. The molecule has 1 aromatic heterocycles. The summed E-state index contributed by atoms with van der Waals surface area (Å²) < 4.78 is 5.18. The van der Waals surface area contributed by atoms with E-state index in [9.17, 15) is 4.79 Å². The van der Waals surface area contributed by atoms with Gasteiger partial charge in [0, 0.05) is 38.4 Å². The second kappa shape index (κ2) is 8.60. The predicted octanol–water partition coefficient (Wildman–Crippen LogP) is 0.448. The minimum Gasteiger partial charge on any atom is -0.380 e. The summed E-state index contributed by atoms with van der Waals surface area (Å²) in [5, 5.41) is 0. The fourth-order valence-corrected chi connectivity index (χ4v) is 1.49. The molecule has 2 N–H and O–H groups in total. The summed E-state index contributed by atoms with van der Waals surface area (Å²) in [4.78, 5) is 17.7. The van der Waals surface area contributed by atoms with Gasteiger partial charge in [0.1, 0.15) is 0 Å². The molecule has 0 unspecified atom stereocenters. The Morgan fingerprint density at radius 2 is 2.28 bits per heavy atom. The highest BCUT2D eigenvalue weighted by molar-refractivity contribution is 5.75. The van der Waals surface area contributed by atoms with E-state index in [2.05, 4.69) is 4.98 Å². The Morgan fingerprint density at radius 1 is 1.44 bits per heavy atom. The molecule has 1 heterocycles. The van der Waals surface area contributed by atoms with Gasteiger partial charge in [0.15, 0.2) is 0 Å². The Morgan fingerprint density at radius 3 is 2.94 bits per heavy atom. The molecule has 0 fully saturated rings. The van der Waals surface area contributed by atoms with E-state index in [1.54, 1.807) is 18.1 Å². The first-order valence-corrected chi connectivity index (χ1v) is 6.15. The molecule has 0 spiro atoms. The van der Waals surface area contributed by atoms with Gasteiger partial charge in [-0.1, -0.05) is 6.07 Å². The minimum absolute atomic E-state index is 0.0861. The molecule has 0 atom stereocenters. The molecule has 5 heteroatoms. The number of hydrogen-bond donors (Lipinski definition) is 1. The second-order valence-electron chi connectivity index (χ2n) is 4.04. The lowest BCUT2D eigenvalue weighted by molar-refractivity contribution is -0.131. The summed E-state index contributed by atoms with van der Waals surface area (Å²) >= 11 is 0. The van der Waals surface area contributed by atoms with Gasteiger partial charge in [-0.25, -0.2) is 0 Å². The van der Waals surface area contributed by atoms with E-state index >= 15 is 0 Å². The topological polar surface area (TPSA) is 68.5 Å². The maximum atomic E-state index is 11.7. The third-order valence-corrected chi connectivity index (χ3v) is 2.58. The molecule has 0 aliphatic rings. The van der Waals surface area contributed by atoms with Crippen LogP contribution in [0.3, 0.4) is 0 Å². The third kappa shape index (κ3) is 5.75. The molecule has 1 rings (SSSR count). The average Bonchev–Trinajstić information content (AvgIpc) is 2.42. The number of amides is 1. The van der Waals surface area contributed by atoms with Crippen LogP contribution in [-0.2, 0) is 16.0 Å². The molecule has 18 heavy (non-hydrogen) atoms. The van der Waals surface area contributed by atoms with E-state index in [-0.39, 0.29) is 5.91 Å². The monoisotopic (exact) mass is 251 g/mol. The number of likely N-dealkylation sites (N-methyl/N-ethyl adjacent to an activating group) is 1. The largest absolute Gasteiger partial charge is 0.380 e. The van der Waals surface area contributed by atoms with Crippen molar-refractivity contribution in [2.75, 3.05) is 33.4 Å². The first-order chi connectivity index (χ1) is 8.74. The van der Waals surface area contributed by atoms with Gasteiger partial charge in [0.25, 0.3) is 0 Å². The van der Waals surface area contributed by atoms with Gasteiger partial charge in [-0.15, -0.1) is 0 Å². The molecular formula is C13H21N3O2. The molecule has 0 saturated heterocycles. The van der Waals surface area contributed by atoms with Crippen LogP contribution >= 0.6 is 0 Å². The van der Waals surface area contributed by atoms with E-state index in [0.29, 0.717) is 32.7 Å². The van der Waals surface area contributed by atoms with Gasteiger partial charge < -0.3 is 15.4 Å². The molecule has 5 nitrogen and oxygen atoms in total. The number of nitrogens with two attached hydrogens (primary N) is 1. The summed E-state index contributed by atoms with van der Waals surface area (Å²) in [6.45, 7) is 2.10. The highest BCUT2D eigenvalue weighted by Crippen LogP contribution is 1.98.